The minimum absolute atomic E-state index is 0.583. The van der Waals surface area contributed by atoms with Gasteiger partial charge in [-0.1, -0.05) is 38.1 Å². The van der Waals surface area contributed by atoms with E-state index in [1.54, 1.807) is 0 Å². The Kier molecular flexibility index (Phi) is 5.78. The van der Waals surface area contributed by atoms with E-state index in [1.165, 1.54) is 11.1 Å². The Balaban J connectivity index is 2.53. The van der Waals surface area contributed by atoms with Gasteiger partial charge >= 0.3 is 8.56 Å². The second-order valence-corrected chi connectivity index (χ2v) is 11.3. The van der Waals surface area contributed by atoms with E-state index >= 15 is 0 Å². The Morgan fingerprint density at radius 1 is 1.11 bits per heavy atom. The fourth-order valence-electron chi connectivity index (χ4n) is 1.78. The lowest BCUT2D eigenvalue weighted by Crippen LogP contribution is -2.38. The summed E-state index contributed by atoms with van der Waals surface area (Å²) in [6, 6.07) is 8.69. The molecule has 0 fully saturated rings. The number of hydrogen-bond donors (Lipinski definition) is 0. The summed E-state index contributed by atoms with van der Waals surface area (Å²) in [5.74, 6) is 0.583. The van der Waals surface area contributed by atoms with Gasteiger partial charge in [0.05, 0.1) is 6.61 Å². The first-order valence-electron chi connectivity index (χ1n) is 6.52. The summed E-state index contributed by atoms with van der Waals surface area (Å²) in [6.45, 7) is 13.6. The molecule has 0 spiro atoms. The fraction of sp³-hybridized carbons (Fsp3) is 0.571. The molecule has 0 aliphatic rings. The molecule has 0 saturated heterocycles. The van der Waals surface area contributed by atoms with Gasteiger partial charge in [-0.2, -0.15) is 0 Å². The van der Waals surface area contributed by atoms with Gasteiger partial charge in [-0.25, -0.2) is 0 Å². The summed E-state index contributed by atoms with van der Waals surface area (Å²) in [7, 11) is -2.62. The predicted molar refractivity (Wildman–Crippen MR) is 81.4 cm³/mol. The van der Waals surface area contributed by atoms with Crippen LogP contribution in [0, 0.1) is 0 Å². The molecule has 0 aliphatic carbocycles. The van der Waals surface area contributed by atoms with Crippen molar-refractivity contribution >= 4 is 17.6 Å². The molecule has 0 saturated carbocycles. The van der Waals surface area contributed by atoms with Crippen LogP contribution in [0.4, 0.5) is 0 Å². The molecule has 0 bridgehead atoms. The van der Waals surface area contributed by atoms with Crippen LogP contribution in [-0.4, -0.2) is 17.6 Å². The zero-order valence-corrected chi connectivity index (χ0v) is 14.4. The Labute approximate surface area is 114 Å². The second-order valence-electron chi connectivity index (χ2n) is 5.60. The van der Waals surface area contributed by atoms with Crippen molar-refractivity contribution in [2.45, 2.75) is 52.6 Å². The number of benzene rings is 1. The summed E-state index contributed by atoms with van der Waals surface area (Å²) in [5, 5.41) is 0. The van der Waals surface area contributed by atoms with E-state index in [0.717, 1.165) is 0 Å². The molecular weight excluding hydrogens is 256 g/mol. The molecule has 18 heavy (non-hydrogen) atoms. The van der Waals surface area contributed by atoms with Crippen molar-refractivity contribution in [2.24, 2.45) is 0 Å². The van der Waals surface area contributed by atoms with Crippen LogP contribution in [0.3, 0.4) is 0 Å². The topological polar surface area (TPSA) is 18.5 Å². The van der Waals surface area contributed by atoms with Crippen LogP contribution in [0.5, 0.6) is 0 Å². The lowest BCUT2D eigenvalue weighted by molar-refractivity contribution is 0.238. The van der Waals surface area contributed by atoms with Crippen LogP contribution in [0.25, 0.3) is 0 Å². The van der Waals surface area contributed by atoms with Crippen molar-refractivity contribution in [1.29, 1.82) is 0 Å². The lowest BCUT2D eigenvalue weighted by atomic mass is 10.0. The van der Waals surface area contributed by atoms with E-state index in [4.69, 9.17) is 8.54 Å². The first-order valence-corrected chi connectivity index (χ1v) is 11.7. The summed E-state index contributed by atoms with van der Waals surface area (Å²) in [4.78, 5) is 0. The van der Waals surface area contributed by atoms with E-state index in [1.807, 2.05) is 0 Å². The van der Waals surface area contributed by atoms with Gasteiger partial charge in [0.1, 0.15) is 0 Å². The molecule has 1 radical (unpaired) electrons. The number of hydrogen-bond acceptors (Lipinski definition) is 2. The van der Waals surface area contributed by atoms with E-state index in [2.05, 4.69) is 64.3 Å². The molecule has 2 nitrogen and oxygen atoms in total. The fourth-order valence-corrected chi connectivity index (χ4v) is 6.46. The molecular formula is C14H25O2Si2. The molecule has 0 aliphatic heterocycles. The Morgan fingerprint density at radius 3 is 2.11 bits per heavy atom. The monoisotopic (exact) mass is 281 g/mol. The van der Waals surface area contributed by atoms with E-state index < -0.39 is 17.6 Å². The Bertz CT molecular complexity index is 359. The highest BCUT2D eigenvalue weighted by molar-refractivity contribution is 6.72. The van der Waals surface area contributed by atoms with Gasteiger partial charge in [-0.05, 0) is 43.2 Å². The van der Waals surface area contributed by atoms with Crippen LogP contribution >= 0.6 is 0 Å². The molecule has 1 aromatic rings. The lowest BCUT2D eigenvalue weighted by Gasteiger charge is -2.25. The molecule has 4 heteroatoms. The normalized spacial score (nSPS) is 12.4. The first kappa shape index (κ1) is 15.6. The summed E-state index contributed by atoms with van der Waals surface area (Å²) in [5.41, 5.74) is 2.60. The molecule has 0 N–H and O–H groups in total. The zero-order valence-electron chi connectivity index (χ0n) is 12.4. The summed E-state index contributed by atoms with van der Waals surface area (Å²) < 4.78 is 11.9. The van der Waals surface area contributed by atoms with Crippen molar-refractivity contribution in [3.8, 4) is 0 Å². The summed E-state index contributed by atoms with van der Waals surface area (Å²) in [6.07, 6.45) is 0. The van der Waals surface area contributed by atoms with Gasteiger partial charge in [0.15, 0.2) is 9.04 Å². The van der Waals surface area contributed by atoms with Crippen molar-refractivity contribution in [3.05, 3.63) is 35.4 Å². The molecule has 1 aromatic carbocycles. The van der Waals surface area contributed by atoms with Gasteiger partial charge in [0.25, 0.3) is 0 Å². The molecule has 0 amide bonds. The largest absolute Gasteiger partial charge is 0.436 e. The molecule has 0 aromatic heterocycles. The zero-order chi connectivity index (χ0) is 13.8. The van der Waals surface area contributed by atoms with Gasteiger partial charge in [-0.3, -0.25) is 0 Å². The quantitative estimate of drug-likeness (QED) is 0.724. The average molecular weight is 282 g/mol. The third kappa shape index (κ3) is 5.48. The van der Waals surface area contributed by atoms with Crippen LogP contribution in [0.2, 0.25) is 26.2 Å². The minimum atomic E-state index is -1.94. The molecule has 101 valence electrons. The Morgan fingerprint density at radius 2 is 1.67 bits per heavy atom. The minimum Gasteiger partial charge on any atom is -0.436 e. The molecule has 1 rings (SSSR count). The maximum atomic E-state index is 5.97. The maximum absolute atomic E-state index is 5.97. The SMILES string of the molecule is CC(C)c1ccc(CO[Si](C)(C)O[Si](C)C)cc1. The van der Waals surface area contributed by atoms with Crippen molar-refractivity contribution in [1.82, 2.24) is 0 Å². The second kappa shape index (κ2) is 6.66. The van der Waals surface area contributed by atoms with Crippen LogP contribution in [0.1, 0.15) is 30.9 Å². The van der Waals surface area contributed by atoms with Crippen molar-refractivity contribution in [3.63, 3.8) is 0 Å². The van der Waals surface area contributed by atoms with Crippen molar-refractivity contribution in [2.75, 3.05) is 0 Å². The van der Waals surface area contributed by atoms with Gasteiger partial charge in [-0.15, -0.1) is 0 Å². The van der Waals surface area contributed by atoms with E-state index in [9.17, 15) is 0 Å². The molecule has 0 heterocycles. The van der Waals surface area contributed by atoms with Crippen LogP contribution < -0.4 is 0 Å². The number of rotatable bonds is 6. The van der Waals surface area contributed by atoms with Gasteiger partial charge < -0.3 is 8.54 Å². The summed E-state index contributed by atoms with van der Waals surface area (Å²) >= 11 is 0. The van der Waals surface area contributed by atoms with Crippen molar-refractivity contribution < 1.29 is 8.54 Å². The smallest absolute Gasteiger partial charge is 0.321 e. The standard InChI is InChI=1S/C14H25O2Si2/c1-12(2)14-9-7-13(8-10-14)11-15-18(5,6)16-17(3)4/h7-10,12H,11H2,1-6H3. The van der Waals surface area contributed by atoms with Crippen LogP contribution in [-0.2, 0) is 15.1 Å². The van der Waals surface area contributed by atoms with Crippen LogP contribution in [0.15, 0.2) is 24.3 Å². The maximum Gasteiger partial charge on any atom is 0.321 e. The van der Waals surface area contributed by atoms with E-state index in [0.29, 0.717) is 12.5 Å². The van der Waals surface area contributed by atoms with Gasteiger partial charge in [0.2, 0.25) is 0 Å². The first-order chi connectivity index (χ1) is 8.30. The highest BCUT2D eigenvalue weighted by Crippen LogP contribution is 2.17. The Hall–Kier alpha value is -0.426. The van der Waals surface area contributed by atoms with Gasteiger partial charge in [0, 0.05) is 0 Å². The average Bonchev–Trinajstić information content (AvgIpc) is 2.25. The molecule has 0 unspecified atom stereocenters. The highest BCUT2D eigenvalue weighted by atomic mass is 28.4. The highest BCUT2D eigenvalue weighted by Gasteiger charge is 2.25. The van der Waals surface area contributed by atoms with E-state index in [-0.39, 0.29) is 0 Å². The third-order valence-electron chi connectivity index (χ3n) is 2.68. The predicted octanol–water partition coefficient (Wildman–Crippen LogP) is 4.30. The molecule has 0 atom stereocenters. The third-order valence-corrected chi connectivity index (χ3v) is 7.12.